The van der Waals surface area contributed by atoms with E-state index in [4.69, 9.17) is 16.3 Å². The van der Waals surface area contributed by atoms with Gasteiger partial charge in [-0.25, -0.2) is 13.4 Å². The average Bonchev–Trinajstić information content (AvgIpc) is 2.64. The Balaban J connectivity index is 1.88. The lowest BCUT2D eigenvalue weighted by atomic mass is 10.2. The van der Waals surface area contributed by atoms with Crippen molar-refractivity contribution in [2.75, 3.05) is 31.6 Å². The third kappa shape index (κ3) is 3.88. The fourth-order valence-electron chi connectivity index (χ4n) is 2.58. The molecule has 1 saturated heterocycles. The highest BCUT2D eigenvalue weighted by Crippen LogP contribution is 2.24. The summed E-state index contributed by atoms with van der Waals surface area (Å²) in [5.74, 6) is -0.452. The molecular weight excluding hydrogens is 378 g/mol. The van der Waals surface area contributed by atoms with E-state index in [0.29, 0.717) is 32.0 Å². The highest BCUT2D eigenvalue weighted by molar-refractivity contribution is 7.89. The molecule has 26 heavy (non-hydrogen) atoms. The first-order chi connectivity index (χ1) is 12.4. The van der Waals surface area contributed by atoms with Crippen molar-refractivity contribution in [1.29, 1.82) is 0 Å². The van der Waals surface area contributed by atoms with Gasteiger partial charge in [-0.05, 0) is 36.8 Å². The van der Waals surface area contributed by atoms with E-state index in [1.165, 1.54) is 22.6 Å². The molecule has 7 nitrogen and oxygen atoms in total. The van der Waals surface area contributed by atoms with Gasteiger partial charge in [0, 0.05) is 25.0 Å². The third-order valence-electron chi connectivity index (χ3n) is 4.07. The third-order valence-corrected chi connectivity index (χ3v) is 6.26. The standard InChI is InChI=1S/C17H18ClN3O4S/c1-12-4-5-13(26(23,24)21-7-9-25-10-8-21)11-15(12)20-17(22)14-3-2-6-19-16(14)18/h2-6,11H,7-10H2,1H3,(H,20,22). The van der Waals surface area contributed by atoms with E-state index in [-0.39, 0.29) is 15.6 Å². The van der Waals surface area contributed by atoms with E-state index in [0.717, 1.165) is 5.56 Å². The molecule has 0 unspecified atom stereocenters. The Kier molecular flexibility index (Phi) is 5.57. The zero-order valence-corrected chi connectivity index (χ0v) is 15.7. The van der Waals surface area contributed by atoms with Crippen LogP contribution in [0.1, 0.15) is 15.9 Å². The number of benzene rings is 1. The van der Waals surface area contributed by atoms with Gasteiger partial charge in [-0.1, -0.05) is 17.7 Å². The van der Waals surface area contributed by atoms with E-state index < -0.39 is 15.9 Å². The second-order valence-electron chi connectivity index (χ2n) is 5.79. The summed E-state index contributed by atoms with van der Waals surface area (Å²) in [6.45, 7) is 3.14. The Labute approximate surface area is 157 Å². The summed E-state index contributed by atoms with van der Waals surface area (Å²) in [4.78, 5) is 16.4. The van der Waals surface area contributed by atoms with Crippen LogP contribution in [0.25, 0.3) is 0 Å². The van der Waals surface area contributed by atoms with Gasteiger partial charge in [0.15, 0.2) is 0 Å². The normalized spacial score (nSPS) is 15.6. The number of aromatic nitrogens is 1. The smallest absolute Gasteiger partial charge is 0.258 e. The van der Waals surface area contributed by atoms with Crippen LogP contribution >= 0.6 is 11.6 Å². The first-order valence-electron chi connectivity index (χ1n) is 8.00. The quantitative estimate of drug-likeness (QED) is 0.802. The maximum Gasteiger partial charge on any atom is 0.258 e. The fourth-order valence-corrected chi connectivity index (χ4v) is 4.22. The molecule has 2 heterocycles. The van der Waals surface area contributed by atoms with E-state index in [1.54, 1.807) is 25.1 Å². The topological polar surface area (TPSA) is 88.6 Å². The minimum Gasteiger partial charge on any atom is -0.379 e. The van der Waals surface area contributed by atoms with Crippen LogP contribution in [0.4, 0.5) is 5.69 Å². The summed E-state index contributed by atoms with van der Waals surface area (Å²) in [5, 5.41) is 2.79. The Morgan fingerprint density at radius 2 is 2.00 bits per heavy atom. The van der Waals surface area contributed by atoms with Crippen LogP contribution in [0.5, 0.6) is 0 Å². The summed E-state index contributed by atoms with van der Waals surface area (Å²) >= 11 is 5.94. The SMILES string of the molecule is Cc1ccc(S(=O)(=O)N2CCOCC2)cc1NC(=O)c1cccnc1Cl. The number of carbonyl (C=O) groups excluding carboxylic acids is 1. The molecule has 1 aromatic carbocycles. The van der Waals surface area contributed by atoms with Gasteiger partial charge in [-0.15, -0.1) is 0 Å². The molecule has 1 aromatic heterocycles. The van der Waals surface area contributed by atoms with Gasteiger partial charge in [-0.3, -0.25) is 4.79 Å². The van der Waals surface area contributed by atoms with E-state index >= 15 is 0 Å². The molecule has 0 atom stereocenters. The molecule has 0 spiro atoms. The molecule has 1 aliphatic rings. The fraction of sp³-hybridized carbons (Fsp3) is 0.294. The Morgan fingerprint density at radius 1 is 1.27 bits per heavy atom. The van der Waals surface area contributed by atoms with Crippen molar-refractivity contribution in [3.63, 3.8) is 0 Å². The predicted molar refractivity (Wildman–Crippen MR) is 98.0 cm³/mol. The van der Waals surface area contributed by atoms with Gasteiger partial charge in [0.1, 0.15) is 5.15 Å². The van der Waals surface area contributed by atoms with Crippen molar-refractivity contribution in [3.05, 3.63) is 52.8 Å². The van der Waals surface area contributed by atoms with Gasteiger partial charge in [0.05, 0.1) is 23.7 Å². The number of rotatable bonds is 4. The first-order valence-corrected chi connectivity index (χ1v) is 9.82. The lowest BCUT2D eigenvalue weighted by Gasteiger charge is -2.26. The predicted octanol–water partition coefficient (Wildman–Crippen LogP) is 2.32. The molecular formula is C17H18ClN3O4S. The molecule has 2 aromatic rings. The first kappa shape index (κ1) is 18.8. The average molecular weight is 396 g/mol. The summed E-state index contributed by atoms with van der Waals surface area (Å²) in [6.07, 6.45) is 1.49. The Hall–Kier alpha value is -2.00. The zero-order chi connectivity index (χ0) is 18.7. The van der Waals surface area contributed by atoms with Crippen LogP contribution in [0.15, 0.2) is 41.4 Å². The van der Waals surface area contributed by atoms with Crippen molar-refractivity contribution in [2.45, 2.75) is 11.8 Å². The second kappa shape index (κ2) is 7.71. The summed E-state index contributed by atoms with van der Waals surface area (Å²) in [5.41, 5.74) is 1.36. The van der Waals surface area contributed by atoms with E-state index in [1.807, 2.05) is 0 Å². The number of amides is 1. The number of aryl methyl sites for hydroxylation is 1. The summed E-state index contributed by atoms with van der Waals surface area (Å²) in [7, 11) is -3.65. The van der Waals surface area contributed by atoms with Crippen LogP contribution in [-0.2, 0) is 14.8 Å². The zero-order valence-electron chi connectivity index (χ0n) is 14.1. The number of carbonyl (C=O) groups is 1. The lowest BCUT2D eigenvalue weighted by molar-refractivity contribution is 0.0730. The molecule has 138 valence electrons. The van der Waals surface area contributed by atoms with Crippen LogP contribution in [0.2, 0.25) is 5.15 Å². The second-order valence-corrected chi connectivity index (χ2v) is 8.09. The van der Waals surface area contributed by atoms with Gasteiger partial charge < -0.3 is 10.1 Å². The number of nitrogens with one attached hydrogen (secondary N) is 1. The molecule has 0 bridgehead atoms. The molecule has 9 heteroatoms. The van der Waals surface area contributed by atoms with Crippen LogP contribution in [0.3, 0.4) is 0 Å². The number of sulfonamides is 1. The number of hydrogen-bond donors (Lipinski definition) is 1. The van der Waals surface area contributed by atoms with Crippen molar-refractivity contribution >= 4 is 33.2 Å². The van der Waals surface area contributed by atoms with Crippen molar-refractivity contribution in [1.82, 2.24) is 9.29 Å². The minimum atomic E-state index is -3.65. The molecule has 1 aliphatic heterocycles. The van der Waals surface area contributed by atoms with Gasteiger partial charge in [0.25, 0.3) is 5.91 Å². The highest BCUT2D eigenvalue weighted by atomic mass is 35.5. The number of halogens is 1. The minimum absolute atomic E-state index is 0.0831. The van der Waals surface area contributed by atoms with E-state index in [2.05, 4.69) is 10.3 Å². The summed E-state index contributed by atoms with van der Waals surface area (Å²) in [6, 6.07) is 7.81. The molecule has 0 radical (unpaired) electrons. The largest absolute Gasteiger partial charge is 0.379 e. The van der Waals surface area contributed by atoms with E-state index in [9.17, 15) is 13.2 Å². The molecule has 3 rings (SSSR count). The molecule has 0 saturated carbocycles. The number of ether oxygens (including phenoxy) is 1. The van der Waals surface area contributed by atoms with Crippen molar-refractivity contribution in [2.24, 2.45) is 0 Å². The Bertz CT molecular complexity index is 927. The highest BCUT2D eigenvalue weighted by Gasteiger charge is 2.27. The molecule has 1 amide bonds. The van der Waals surface area contributed by atoms with Gasteiger partial charge in [0.2, 0.25) is 10.0 Å². The maximum atomic E-state index is 12.8. The number of anilines is 1. The number of hydrogen-bond acceptors (Lipinski definition) is 5. The van der Waals surface area contributed by atoms with Crippen LogP contribution in [-0.4, -0.2) is 49.9 Å². The monoisotopic (exact) mass is 395 g/mol. The lowest BCUT2D eigenvalue weighted by Crippen LogP contribution is -2.40. The molecule has 1 fully saturated rings. The van der Waals surface area contributed by atoms with Crippen LogP contribution in [0, 0.1) is 6.92 Å². The number of morpholine rings is 1. The maximum absolute atomic E-state index is 12.8. The number of pyridine rings is 1. The van der Waals surface area contributed by atoms with Crippen molar-refractivity contribution < 1.29 is 17.9 Å². The van der Waals surface area contributed by atoms with Crippen molar-refractivity contribution in [3.8, 4) is 0 Å². The molecule has 1 N–H and O–H groups in total. The van der Waals surface area contributed by atoms with Crippen LogP contribution < -0.4 is 5.32 Å². The van der Waals surface area contributed by atoms with Gasteiger partial charge in [-0.2, -0.15) is 4.31 Å². The number of nitrogens with zero attached hydrogens (tertiary/aromatic N) is 2. The summed E-state index contributed by atoms with van der Waals surface area (Å²) < 4.78 is 32.2. The molecule has 0 aliphatic carbocycles. The van der Waals surface area contributed by atoms with Gasteiger partial charge >= 0.3 is 0 Å². The Morgan fingerprint density at radius 3 is 2.69 bits per heavy atom.